The van der Waals surface area contributed by atoms with Crippen molar-refractivity contribution in [1.29, 1.82) is 0 Å². The maximum Gasteiger partial charge on any atom is 0.175 e. The number of hydrogen-bond acceptors (Lipinski definition) is 9. The molecule has 1 aliphatic rings. The van der Waals surface area contributed by atoms with Crippen LogP contribution < -0.4 is 46.1 Å². The lowest BCUT2D eigenvalue weighted by molar-refractivity contribution is 0.416. The van der Waals surface area contributed by atoms with Crippen molar-refractivity contribution in [3.63, 3.8) is 0 Å². The zero-order valence-electron chi connectivity index (χ0n) is 31.3. The van der Waals surface area contributed by atoms with Crippen molar-refractivity contribution in [2.75, 3.05) is 53.2 Å². The van der Waals surface area contributed by atoms with Crippen LogP contribution in [-0.2, 0) is 19.3 Å². The molecule has 6 aromatic rings. The first-order valence-corrected chi connectivity index (χ1v) is 19.0. The van der Waals surface area contributed by atoms with E-state index in [-0.39, 0.29) is 0 Å². The minimum atomic E-state index is 0.405. The highest BCUT2D eigenvalue weighted by molar-refractivity contribution is 7.81. The largest absolute Gasteiger partial charge is 0.495 e. The van der Waals surface area contributed by atoms with Gasteiger partial charge in [0.25, 0.3) is 0 Å². The van der Waals surface area contributed by atoms with Crippen LogP contribution in [0.5, 0.6) is 17.2 Å². The van der Waals surface area contributed by atoms with Crippen molar-refractivity contribution in [3.05, 3.63) is 143 Å². The minimum absolute atomic E-state index is 0.405. The molecule has 0 saturated carbocycles. The molecule has 3 aromatic carbocycles. The van der Waals surface area contributed by atoms with Crippen LogP contribution in [-0.4, -0.2) is 51.6 Å². The van der Waals surface area contributed by atoms with Gasteiger partial charge in [0.2, 0.25) is 0 Å². The van der Waals surface area contributed by atoms with E-state index in [1.54, 1.807) is 58.5 Å². The van der Waals surface area contributed by atoms with Gasteiger partial charge in [0.05, 0.1) is 74.0 Å². The Bertz CT molecular complexity index is 2150. The summed E-state index contributed by atoms with van der Waals surface area (Å²) in [5.41, 5.74) is 10.9. The second kappa shape index (κ2) is 18.0. The predicted octanol–water partition coefficient (Wildman–Crippen LogP) is 8.41. The molecule has 3 aromatic heterocycles. The smallest absolute Gasteiger partial charge is 0.175 e. The molecule has 288 valence electrons. The molecular formula is C42H39N9O3S3. The monoisotopic (exact) mass is 813 g/mol. The maximum absolute atomic E-state index is 5.95. The van der Waals surface area contributed by atoms with E-state index in [9.17, 15) is 0 Å². The number of pyridine rings is 3. The van der Waals surface area contributed by atoms with Gasteiger partial charge in [-0.15, -0.1) is 0 Å². The highest BCUT2D eigenvalue weighted by atomic mass is 32.1. The molecule has 0 bridgehead atoms. The van der Waals surface area contributed by atoms with Crippen molar-refractivity contribution in [2.45, 2.75) is 19.3 Å². The lowest BCUT2D eigenvalue weighted by atomic mass is 9.93. The van der Waals surface area contributed by atoms with E-state index >= 15 is 0 Å². The van der Waals surface area contributed by atoms with Gasteiger partial charge in [-0.2, -0.15) is 0 Å². The fraction of sp³-hybridized carbons (Fsp3) is 0.143. The SMILES string of the molecule is COc1cc2c(cc1NC(=S)Nc1cccnc1)Cc1cc(OC)c(NC(=S)Nc3cccnc3)cc1Cc1cc(OC)c(NC(=S)Nc3cccnc3)cc1C2. The number of aromatic nitrogens is 3. The fourth-order valence-corrected chi connectivity index (χ4v) is 7.25. The molecule has 0 spiro atoms. The molecule has 3 heterocycles. The Morgan fingerprint density at radius 3 is 0.965 bits per heavy atom. The molecule has 15 heteroatoms. The van der Waals surface area contributed by atoms with E-state index in [0.717, 1.165) is 67.5 Å². The average molecular weight is 814 g/mol. The average Bonchev–Trinajstić information content (AvgIpc) is 3.26. The van der Waals surface area contributed by atoms with Crippen molar-refractivity contribution < 1.29 is 14.2 Å². The second-order valence-corrected chi connectivity index (χ2v) is 14.2. The number of anilines is 6. The van der Waals surface area contributed by atoms with Crippen LogP contribution in [0.1, 0.15) is 33.4 Å². The van der Waals surface area contributed by atoms with Crippen molar-refractivity contribution in [1.82, 2.24) is 15.0 Å². The number of fused-ring (bicyclic) bond motifs is 3. The predicted molar refractivity (Wildman–Crippen MR) is 240 cm³/mol. The van der Waals surface area contributed by atoms with Gasteiger partial charge < -0.3 is 46.1 Å². The summed E-state index contributed by atoms with van der Waals surface area (Å²) >= 11 is 17.1. The van der Waals surface area contributed by atoms with E-state index in [1.165, 1.54) is 0 Å². The van der Waals surface area contributed by atoms with E-state index < -0.39 is 0 Å². The van der Waals surface area contributed by atoms with Crippen LogP contribution in [0, 0.1) is 0 Å². The summed E-state index contributed by atoms with van der Waals surface area (Å²) in [6, 6.07) is 23.7. The first-order chi connectivity index (χ1) is 27.8. The standard InChI is InChI=1S/C42H39N9O3S3/c1-52-37-19-28-13-26-17-35(50-41(56)47-32-8-5-11-44-23-32)39(54-3)21-30(26)15-27-18-36(51-42(57)48-33-9-6-12-45-24-33)38(53-2)20-29(27)14-25(28)16-34(37)49-40(55)46-31-7-4-10-43-22-31/h4-12,16-24H,13-15H2,1-3H3,(H2,46,49,55)(H2,47,50,56)(H2,48,51,57). The van der Waals surface area contributed by atoms with E-state index in [2.05, 4.69) is 83.3 Å². The number of rotatable bonds is 9. The third-order valence-electron chi connectivity index (χ3n) is 9.21. The summed E-state index contributed by atoms with van der Waals surface area (Å²) in [5.74, 6) is 1.93. The zero-order chi connectivity index (χ0) is 39.7. The minimum Gasteiger partial charge on any atom is -0.495 e. The molecule has 0 amide bonds. The molecule has 1 aliphatic carbocycles. The Morgan fingerprint density at radius 2 is 0.719 bits per heavy atom. The third-order valence-corrected chi connectivity index (χ3v) is 9.82. The summed E-state index contributed by atoms with van der Waals surface area (Å²) < 4.78 is 17.8. The molecular weight excluding hydrogens is 775 g/mol. The van der Waals surface area contributed by atoms with E-state index in [0.29, 0.717) is 51.8 Å². The first kappa shape index (κ1) is 38.8. The van der Waals surface area contributed by atoms with Crippen LogP contribution in [0.25, 0.3) is 0 Å². The molecule has 0 fully saturated rings. The second-order valence-electron chi connectivity index (χ2n) is 13.0. The number of nitrogens with one attached hydrogen (secondary N) is 6. The summed E-state index contributed by atoms with van der Waals surface area (Å²) in [6.45, 7) is 0. The van der Waals surface area contributed by atoms with Crippen LogP contribution in [0.3, 0.4) is 0 Å². The molecule has 0 unspecified atom stereocenters. The van der Waals surface area contributed by atoms with Gasteiger partial charge in [-0.3, -0.25) is 15.0 Å². The van der Waals surface area contributed by atoms with Crippen molar-refractivity contribution in [3.8, 4) is 17.2 Å². The number of benzene rings is 3. The molecule has 0 aliphatic heterocycles. The fourth-order valence-electron chi connectivity index (χ4n) is 6.57. The molecule has 7 rings (SSSR count). The van der Waals surface area contributed by atoms with Crippen LogP contribution in [0.4, 0.5) is 34.1 Å². The summed E-state index contributed by atoms with van der Waals surface area (Å²) in [7, 11) is 4.96. The van der Waals surface area contributed by atoms with Gasteiger partial charge in [-0.05, 0) is 162 Å². The molecule has 0 atom stereocenters. The Morgan fingerprint density at radius 1 is 0.439 bits per heavy atom. The summed E-state index contributed by atoms with van der Waals surface area (Å²) in [6.07, 6.45) is 12.0. The van der Waals surface area contributed by atoms with Gasteiger partial charge in [-0.25, -0.2) is 0 Å². The molecule has 12 nitrogen and oxygen atoms in total. The lowest BCUT2D eigenvalue weighted by Gasteiger charge is -2.19. The maximum atomic E-state index is 5.95. The van der Waals surface area contributed by atoms with Gasteiger partial charge in [0.15, 0.2) is 15.3 Å². The topological polar surface area (TPSA) is 139 Å². The highest BCUT2D eigenvalue weighted by Crippen LogP contribution is 2.39. The zero-order valence-corrected chi connectivity index (χ0v) is 33.8. The third kappa shape index (κ3) is 9.70. The Kier molecular flexibility index (Phi) is 12.3. The Labute approximate surface area is 346 Å². The Hall–Kier alpha value is -6.42. The quantitative estimate of drug-likeness (QED) is 0.0778. The number of thiocarbonyl (C=S) groups is 3. The number of nitrogens with zero attached hydrogens (tertiary/aromatic N) is 3. The number of ether oxygens (including phenoxy) is 3. The van der Waals surface area contributed by atoms with E-state index in [4.69, 9.17) is 50.9 Å². The lowest BCUT2D eigenvalue weighted by Crippen LogP contribution is -2.20. The van der Waals surface area contributed by atoms with Crippen molar-refractivity contribution in [2.24, 2.45) is 0 Å². The molecule has 6 N–H and O–H groups in total. The Balaban J connectivity index is 1.30. The van der Waals surface area contributed by atoms with Gasteiger partial charge in [0.1, 0.15) is 17.2 Å². The number of hydrogen-bond donors (Lipinski definition) is 6. The normalized spacial score (nSPS) is 11.4. The molecule has 57 heavy (non-hydrogen) atoms. The van der Waals surface area contributed by atoms with Gasteiger partial charge in [0, 0.05) is 18.6 Å². The molecule has 0 saturated heterocycles. The summed E-state index contributed by atoms with van der Waals surface area (Å²) in [5, 5.41) is 20.9. The van der Waals surface area contributed by atoms with Crippen molar-refractivity contribution >= 4 is 86.1 Å². The van der Waals surface area contributed by atoms with Crippen LogP contribution in [0.15, 0.2) is 110 Å². The molecule has 0 radical (unpaired) electrons. The summed E-state index contributed by atoms with van der Waals surface area (Å²) in [4.78, 5) is 12.5. The van der Waals surface area contributed by atoms with Crippen LogP contribution >= 0.6 is 36.7 Å². The highest BCUT2D eigenvalue weighted by Gasteiger charge is 2.22. The van der Waals surface area contributed by atoms with Gasteiger partial charge in [-0.1, -0.05) is 0 Å². The van der Waals surface area contributed by atoms with Crippen LogP contribution in [0.2, 0.25) is 0 Å². The van der Waals surface area contributed by atoms with Gasteiger partial charge >= 0.3 is 0 Å². The van der Waals surface area contributed by atoms with E-state index in [1.807, 2.05) is 36.4 Å². The number of methoxy groups -OCH3 is 3. The first-order valence-electron chi connectivity index (χ1n) is 17.8.